The van der Waals surface area contributed by atoms with Crippen molar-refractivity contribution in [2.45, 2.75) is 19.3 Å². The molecule has 0 saturated carbocycles. The number of fused-ring (bicyclic) bond motifs is 16. The number of hydrogen-bond donors (Lipinski definition) is 0. The van der Waals surface area contributed by atoms with Crippen molar-refractivity contribution in [1.82, 2.24) is 4.57 Å². The van der Waals surface area contributed by atoms with Crippen LogP contribution in [0, 0.1) is 13.8 Å². The van der Waals surface area contributed by atoms with E-state index in [1.165, 1.54) is 117 Å². The number of anilines is 6. The van der Waals surface area contributed by atoms with Gasteiger partial charge in [-0.1, -0.05) is 194 Å². The zero-order valence-electron chi connectivity index (χ0n) is 44.2. The van der Waals surface area contributed by atoms with Crippen molar-refractivity contribution in [3.05, 3.63) is 300 Å². The first kappa shape index (κ1) is 45.0. The number of aromatic nitrogens is 1. The lowest BCUT2D eigenvalue weighted by Gasteiger charge is -2.46. The van der Waals surface area contributed by atoms with E-state index in [9.17, 15) is 0 Å². The summed E-state index contributed by atoms with van der Waals surface area (Å²) >= 11 is 0. The number of benzene rings is 12. The van der Waals surface area contributed by atoms with Crippen LogP contribution in [0.2, 0.25) is 0 Å². The van der Waals surface area contributed by atoms with Gasteiger partial charge in [-0.3, -0.25) is 0 Å². The summed E-state index contributed by atoms with van der Waals surface area (Å²) in [5.41, 5.74) is 27.9. The van der Waals surface area contributed by atoms with Crippen LogP contribution >= 0.6 is 0 Å². The predicted octanol–water partition coefficient (Wildman–Crippen LogP) is 17.3. The SMILES string of the molecule is Cc1ccc2c(c1)N(c1ccccc1-c1ccccc1)c1cc(C)cc3c1B2c1cc2c(cc1N3c1ccccc1-c1ccccc1)C1(c3ccccc3Oc3ccccc31)c1cc(-n3c4ccccc4c4ccccc43)ccc1-2. The molecule has 0 saturated heterocycles. The lowest BCUT2D eigenvalue weighted by atomic mass is 9.33. The molecule has 12 aromatic carbocycles. The molecule has 17 rings (SSSR count). The van der Waals surface area contributed by atoms with E-state index < -0.39 is 5.41 Å². The van der Waals surface area contributed by atoms with Crippen LogP contribution in [-0.2, 0) is 5.41 Å². The van der Waals surface area contributed by atoms with Gasteiger partial charge in [-0.2, -0.15) is 0 Å². The highest BCUT2D eigenvalue weighted by molar-refractivity contribution is 7.00. The van der Waals surface area contributed by atoms with Gasteiger partial charge in [0.15, 0.2) is 0 Å². The van der Waals surface area contributed by atoms with Gasteiger partial charge in [-0.15, -0.1) is 0 Å². The van der Waals surface area contributed by atoms with Crippen molar-refractivity contribution < 1.29 is 4.74 Å². The summed E-state index contributed by atoms with van der Waals surface area (Å²) in [6.07, 6.45) is 0. The second-order valence-corrected chi connectivity index (χ2v) is 22.0. The van der Waals surface area contributed by atoms with Crippen LogP contribution in [-0.4, -0.2) is 11.3 Å². The summed E-state index contributed by atoms with van der Waals surface area (Å²) in [5, 5.41) is 2.48. The molecule has 0 bridgehead atoms. The molecule has 4 nitrogen and oxygen atoms in total. The lowest BCUT2D eigenvalue weighted by molar-refractivity contribution is 0.436. The highest BCUT2D eigenvalue weighted by Crippen LogP contribution is 2.63. The zero-order chi connectivity index (χ0) is 52.8. The minimum atomic E-state index is -0.762. The van der Waals surface area contributed by atoms with Gasteiger partial charge >= 0.3 is 0 Å². The molecular formula is C75H50BN3O. The molecule has 374 valence electrons. The number of nitrogens with zero attached hydrogens (tertiary/aromatic N) is 3. The topological polar surface area (TPSA) is 20.6 Å². The zero-order valence-corrected chi connectivity index (χ0v) is 44.2. The first-order valence-corrected chi connectivity index (χ1v) is 27.9. The minimum Gasteiger partial charge on any atom is -0.457 e. The van der Waals surface area contributed by atoms with E-state index in [2.05, 4.69) is 295 Å². The van der Waals surface area contributed by atoms with E-state index in [0.29, 0.717) is 0 Å². The first-order chi connectivity index (χ1) is 39.5. The van der Waals surface area contributed by atoms with Gasteiger partial charge in [0.1, 0.15) is 11.5 Å². The molecular weight excluding hydrogens is 970 g/mol. The predicted molar refractivity (Wildman–Crippen MR) is 333 cm³/mol. The quantitative estimate of drug-likeness (QED) is 0.160. The maximum Gasteiger partial charge on any atom is 0.252 e. The van der Waals surface area contributed by atoms with Gasteiger partial charge in [0.05, 0.1) is 27.8 Å². The van der Waals surface area contributed by atoms with Crippen LogP contribution in [0.25, 0.3) is 60.9 Å². The molecule has 1 spiro atoms. The Morgan fingerprint density at radius 1 is 0.338 bits per heavy atom. The van der Waals surface area contributed by atoms with Gasteiger partial charge in [0.2, 0.25) is 0 Å². The lowest BCUT2D eigenvalue weighted by Crippen LogP contribution is -2.61. The Bertz CT molecular complexity index is 4650. The highest BCUT2D eigenvalue weighted by atomic mass is 16.5. The molecule has 0 unspecified atom stereocenters. The highest BCUT2D eigenvalue weighted by Gasteiger charge is 2.53. The van der Waals surface area contributed by atoms with Gasteiger partial charge in [0.25, 0.3) is 6.71 Å². The second-order valence-electron chi connectivity index (χ2n) is 22.0. The summed E-state index contributed by atoms with van der Waals surface area (Å²) in [7, 11) is 0. The fourth-order valence-corrected chi connectivity index (χ4v) is 14.5. The van der Waals surface area contributed by atoms with Crippen LogP contribution in [0.15, 0.2) is 267 Å². The molecule has 3 aliphatic heterocycles. The Morgan fingerprint density at radius 3 is 1.45 bits per heavy atom. The third-order valence-electron chi connectivity index (χ3n) is 17.7. The van der Waals surface area contributed by atoms with Crippen molar-refractivity contribution in [2.75, 3.05) is 9.80 Å². The van der Waals surface area contributed by atoms with E-state index in [1.54, 1.807) is 0 Å². The van der Waals surface area contributed by atoms with E-state index in [0.717, 1.165) is 39.7 Å². The summed E-state index contributed by atoms with van der Waals surface area (Å²) in [5.74, 6) is 1.74. The van der Waals surface area contributed by atoms with Crippen LogP contribution in [0.4, 0.5) is 34.1 Å². The molecule has 0 fully saturated rings. The summed E-state index contributed by atoms with van der Waals surface area (Å²) < 4.78 is 9.47. The third kappa shape index (κ3) is 6.17. The van der Waals surface area contributed by atoms with Gasteiger partial charge < -0.3 is 19.1 Å². The van der Waals surface area contributed by atoms with E-state index >= 15 is 0 Å². The Morgan fingerprint density at radius 2 is 0.838 bits per heavy atom. The third-order valence-corrected chi connectivity index (χ3v) is 17.7. The van der Waals surface area contributed by atoms with Crippen molar-refractivity contribution >= 4 is 79.0 Å². The number of para-hydroxylation sites is 6. The van der Waals surface area contributed by atoms with Crippen LogP contribution in [0.5, 0.6) is 11.5 Å². The van der Waals surface area contributed by atoms with Crippen molar-refractivity contribution in [1.29, 1.82) is 0 Å². The number of hydrogen-bond acceptors (Lipinski definition) is 3. The number of aryl methyl sites for hydroxylation is 2. The molecule has 0 radical (unpaired) electrons. The fourth-order valence-electron chi connectivity index (χ4n) is 14.5. The number of ether oxygens (including phenoxy) is 1. The molecule has 1 aromatic heterocycles. The van der Waals surface area contributed by atoms with Crippen molar-refractivity contribution in [2.24, 2.45) is 0 Å². The van der Waals surface area contributed by atoms with Gasteiger partial charge in [-0.25, -0.2) is 0 Å². The van der Waals surface area contributed by atoms with E-state index in [-0.39, 0.29) is 6.71 Å². The van der Waals surface area contributed by atoms with E-state index in [4.69, 9.17) is 4.74 Å². The Labute approximate surface area is 465 Å². The second kappa shape index (κ2) is 17.0. The number of rotatable bonds is 5. The molecule has 5 heteroatoms. The Balaban J connectivity index is 1.01. The molecule has 1 aliphatic carbocycles. The monoisotopic (exact) mass is 1020 g/mol. The van der Waals surface area contributed by atoms with Crippen LogP contribution in [0.1, 0.15) is 33.4 Å². The molecule has 80 heavy (non-hydrogen) atoms. The summed E-state index contributed by atoms with van der Waals surface area (Å²) in [6, 6.07) is 99.5. The van der Waals surface area contributed by atoms with Crippen molar-refractivity contribution in [3.63, 3.8) is 0 Å². The standard InChI is InChI=1S/C75H50BN3O/c1-47-37-40-62-68(41-47)78(64-31-15-9-25-52(64)49-21-5-3-6-22-49)70-42-48(2)43-71-74(70)76(62)63-45-57-54-39-38-51(77-66-33-17-11-27-55(66)56-28-12-18-34-67(56)77)44-60(54)75(58-29-13-19-35-72(58)80-73-36-20-14-30-59(73)75)61(57)46-69(63)79(71)65-32-16-10-26-53(65)50-23-7-4-8-24-50/h3-46H,1-2H3. The van der Waals surface area contributed by atoms with E-state index in [1.807, 2.05) is 0 Å². The molecule has 0 amide bonds. The minimum absolute atomic E-state index is 0.108. The first-order valence-electron chi connectivity index (χ1n) is 27.9. The van der Waals surface area contributed by atoms with Gasteiger partial charge in [0, 0.05) is 61.5 Å². The molecule has 13 aromatic rings. The largest absolute Gasteiger partial charge is 0.457 e. The van der Waals surface area contributed by atoms with Crippen molar-refractivity contribution in [3.8, 4) is 50.6 Å². The summed E-state index contributed by atoms with van der Waals surface area (Å²) in [4.78, 5) is 5.20. The van der Waals surface area contributed by atoms with Crippen LogP contribution in [0.3, 0.4) is 0 Å². The molecule has 0 N–H and O–H groups in total. The molecule has 4 heterocycles. The van der Waals surface area contributed by atoms with Crippen LogP contribution < -0.4 is 30.9 Å². The normalized spacial score (nSPS) is 13.8. The smallest absolute Gasteiger partial charge is 0.252 e. The molecule has 0 atom stereocenters. The Kier molecular flexibility index (Phi) is 9.53. The maximum absolute atomic E-state index is 7.01. The maximum atomic E-state index is 7.01. The molecule has 4 aliphatic rings. The fraction of sp³-hybridized carbons (Fsp3) is 0.0400. The average Bonchev–Trinajstić information content (AvgIpc) is 4.14. The average molecular weight is 1020 g/mol. The van der Waals surface area contributed by atoms with Gasteiger partial charge in [-0.05, 0) is 148 Å². The Hall–Kier alpha value is -10.1. The summed E-state index contributed by atoms with van der Waals surface area (Å²) in [6.45, 7) is 4.40.